The third-order valence-electron chi connectivity index (χ3n) is 2.82. The van der Waals surface area contributed by atoms with Gasteiger partial charge in [0.05, 0.1) is 0 Å². The van der Waals surface area contributed by atoms with E-state index in [-0.39, 0.29) is 0 Å². The van der Waals surface area contributed by atoms with Crippen molar-refractivity contribution in [1.82, 2.24) is 5.32 Å². The first kappa shape index (κ1) is 9.94. The van der Waals surface area contributed by atoms with Crippen LogP contribution in [0.2, 0.25) is 0 Å². The number of nitrogens with one attached hydrogen (secondary N) is 1. The van der Waals surface area contributed by atoms with E-state index in [2.05, 4.69) is 52.4 Å². The molecule has 0 aliphatic heterocycles. The average Bonchev–Trinajstić information content (AvgIpc) is 2.59. The van der Waals surface area contributed by atoms with Crippen LogP contribution in [0.3, 0.4) is 0 Å². The van der Waals surface area contributed by atoms with Gasteiger partial charge in [-0.05, 0) is 49.2 Å². The van der Waals surface area contributed by atoms with Crippen LogP contribution in [-0.4, -0.2) is 13.1 Å². The molecule has 0 spiro atoms. The largest absolute Gasteiger partial charge is 0.313 e. The molecule has 0 amide bonds. The highest BCUT2D eigenvalue weighted by molar-refractivity contribution is 9.10. The van der Waals surface area contributed by atoms with E-state index in [1.807, 2.05) is 7.05 Å². The second-order valence-corrected chi connectivity index (χ2v) is 4.59. The van der Waals surface area contributed by atoms with Crippen molar-refractivity contribution >= 4 is 21.5 Å². The number of hydrogen-bond acceptors (Lipinski definition) is 1. The van der Waals surface area contributed by atoms with Gasteiger partial charge in [-0.2, -0.15) is 0 Å². The van der Waals surface area contributed by atoms with Crippen molar-refractivity contribution in [2.75, 3.05) is 7.05 Å². The number of hydrogen-bond donors (Lipinski definition) is 1. The number of allylic oxidation sites excluding steroid dienone is 1. The van der Waals surface area contributed by atoms with Crippen LogP contribution < -0.4 is 5.32 Å². The zero-order valence-electron chi connectivity index (χ0n) is 8.47. The molecule has 0 heterocycles. The van der Waals surface area contributed by atoms with Crippen molar-refractivity contribution in [2.45, 2.75) is 19.4 Å². The SMILES string of the molecule is CNC(C)C1=CCc2cc(Br)ccc21. The Kier molecular flexibility index (Phi) is 2.75. The fourth-order valence-electron chi connectivity index (χ4n) is 1.91. The van der Waals surface area contributed by atoms with Gasteiger partial charge in [-0.3, -0.25) is 0 Å². The molecule has 1 aromatic carbocycles. The molecule has 1 atom stereocenters. The lowest BCUT2D eigenvalue weighted by Gasteiger charge is -2.13. The van der Waals surface area contributed by atoms with Gasteiger partial charge in [0.15, 0.2) is 0 Å². The number of fused-ring (bicyclic) bond motifs is 1. The van der Waals surface area contributed by atoms with Crippen LogP contribution in [0.25, 0.3) is 5.57 Å². The Morgan fingerprint density at radius 1 is 1.43 bits per heavy atom. The molecule has 1 aliphatic rings. The second-order valence-electron chi connectivity index (χ2n) is 3.68. The van der Waals surface area contributed by atoms with E-state index < -0.39 is 0 Å². The highest BCUT2D eigenvalue weighted by atomic mass is 79.9. The summed E-state index contributed by atoms with van der Waals surface area (Å²) in [5.41, 5.74) is 4.25. The first-order valence-electron chi connectivity index (χ1n) is 4.88. The molecule has 14 heavy (non-hydrogen) atoms. The Balaban J connectivity index is 2.37. The van der Waals surface area contributed by atoms with Crippen molar-refractivity contribution in [2.24, 2.45) is 0 Å². The normalized spacial score (nSPS) is 16.4. The minimum atomic E-state index is 0.442. The van der Waals surface area contributed by atoms with Gasteiger partial charge in [0.25, 0.3) is 0 Å². The fourth-order valence-corrected chi connectivity index (χ4v) is 2.32. The predicted molar refractivity (Wildman–Crippen MR) is 64.3 cm³/mol. The predicted octanol–water partition coefficient (Wildman–Crippen LogP) is 3.00. The first-order valence-corrected chi connectivity index (χ1v) is 5.68. The molecular formula is C12H14BrN. The number of halogens is 1. The van der Waals surface area contributed by atoms with E-state index in [1.165, 1.54) is 21.2 Å². The van der Waals surface area contributed by atoms with Crippen molar-refractivity contribution in [3.8, 4) is 0 Å². The minimum Gasteiger partial charge on any atom is -0.313 e. The van der Waals surface area contributed by atoms with Gasteiger partial charge in [-0.25, -0.2) is 0 Å². The molecule has 0 bridgehead atoms. The summed E-state index contributed by atoms with van der Waals surface area (Å²) in [6.45, 7) is 2.20. The van der Waals surface area contributed by atoms with Gasteiger partial charge in [0, 0.05) is 10.5 Å². The Morgan fingerprint density at radius 2 is 2.21 bits per heavy atom. The molecular weight excluding hydrogens is 238 g/mol. The summed E-state index contributed by atoms with van der Waals surface area (Å²) in [5, 5.41) is 3.28. The topological polar surface area (TPSA) is 12.0 Å². The first-order chi connectivity index (χ1) is 6.72. The molecule has 1 unspecified atom stereocenters. The van der Waals surface area contributed by atoms with Gasteiger partial charge in [-0.1, -0.05) is 28.1 Å². The van der Waals surface area contributed by atoms with Crippen LogP contribution in [-0.2, 0) is 6.42 Å². The molecule has 1 nitrogen and oxygen atoms in total. The van der Waals surface area contributed by atoms with Crippen LogP contribution >= 0.6 is 15.9 Å². The minimum absolute atomic E-state index is 0.442. The van der Waals surface area contributed by atoms with Crippen LogP contribution in [0.5, 0.6) is 0 Å². The summed E-state index contributed by atoms with van der Waals surface area (Å²) in [7, 11) is 2.00. The van der Waals surface area contributed by atoms with E-state index in [1.54, 1.807) is 0 Å². The molecule has 0 radical (unpaired) electrons. The third-order valence-corrected chi connectivity index (χ3v) is 3.31. The lowest BCUT2D eigenvalue weighted by Crippen LogP contribution is -2.22. The van der Waals surface area contributed by atoms with Gasteiger partial charge in [-0.15, -0.1) is 0 Å². The number of benzene rings is 1. The van der Waals surface area contributed by atoms with E-state index in [4.69, 9.17) is 0 Å². The van der Waals surface area contributed by atoms with E-state index >= 15 is 0 Å². The summed E-state index contributed by atoms with van der Waals surface area (Å²) < 4.78 is 1.17. The molecule has 0 saturated heterocycles. The Hall–Kier alpha value is -0.600. The summed E-state index contributed by atoms with van der Waals surface area (Å²) >= 11 is 3.50. The monoisotopic (exact) mass is 251 g/mol. The summed E-state index contributed by atoms with van der Waals surface area (Å²) in [5.74, 6) is 0. The van der Waals surface area contributed by atoms with Gasteiger partial charge in [0.1, 0.15) is 0 Å². The maximum Gasteiger partial charge on any atom is 0.0292 e. The van der Waals surface area contributed by atoms with Crippen molar-refractivity contribution in [3.05, 3.63) is 39.9 Å². The van der Waals surface area contributed by atoms with Crippen molar-refractivity contribution in [3.63, 3.8) is 0 Å². The van der Waals surface area contributed by atoms with Crippen LogP contribution in [0.4, 0.5) is 0 Å². The maximum absolute atomic E-state index is 3.50. The average molecular weight is 252 g/mol. The molecule has 0 fully saturated rings. The highest BCUT2D eigenvalue weighted by Crippen LogP contribution is 2.31. The van der Waals surface area contributed by atoms with Gasteiger partial charge in [0.2, 0.25) is 0 Å². The molecule has 1 aliphatic carbocycles. The Morgan fingerprint density at radius 3 is 2.93 bits per heavy atom. The van der Waals surface area contributed by atoms with Crippen LogP contribution in [0.15, 0.2) is 28.7 Å². The maximum atomic E-state index is 3.50. The molecule has 74 valence electrons. The van der Waals surface area contributed by atoms with Crippen LogP contribution in [0, 0.1) is 0 Å². The standard InChI is InChI=1S/C12H14BrN/c1-8(14-2)11-5-3-9-7-10(13)4-6-12(9)11/h4-8,14H,3H2,1-2H3. The quantitative estimate of drug-likeness (QED) is 0.853. The van der Waals surface area contributed by atoms with E-state index in [0.29, 0.717) is 6.04 Å². The summed E-state index contributed by atoms with van der Waals surface area (Å²) in [6.07, 6.45) is 3.38. The molecule has 2 rings (SSSR count). The lowest BCUT2D eigenvalue weighted by molar-refractivity contribution is 0.745. The van der Waals surface area contributed by atoms with Crippen molar-refractivity contribution < 1.29 is 0 Å². The summed E-state index contributed by atoms with van der Waals surface area (Å²) in [6, 6.07) is 6.96. The highest BCUT2D eigenvalue weighted by Gasteiger charge is 2.17. The molecule has 0 saturated carbocycles. The molecule has 1 N–H and O–H groups in total. The zero-order valence-corrected chi connectivity index (χ0v) is 10.1. The van der Waals surface area contributed by atoms with E-state index in [9.17, 15) is 0 Å². The molecule has 2 heteroatoms. The lowest BCUT2D eigenvalue weighted by atomic mass is 10.0. The molecule has 0 aromatic heterocycles. The Bertz CT molecular complexity index is 382. The van der Waals surface area contributed by atoms with Crippen LogP contribution in [0.1, 0.15) is 18.1 Å². The molecule has 1 aromatic rings. The fraction of sp³-hybridized carbons (Fsp3) is 0.333. The smallest absolute Gasteiger partial charge is 0.0292 e. The second kappa shape index (κ2) is 3.87. The van der Waals surface area contributed by atoms with E-state index in [0.717, 1.165) is 6.42 Å². The van der Waals surface area contributed by atoms with Gasteiger partial charge >= 0.3 is 0 Å². The number of rotatable bonds is 2. The Labute approximate surface area is 93.3 Å². The zero-order chi connectivity index (χ0) is 10.1. The summed E-state index contributed by atoms with van der Waals surface area (Å²) in [4.78, 5) is 0. The number of likely N-dealkylation sites (N-methyl/N-ethyl adjacent to an activating group) is 1. The third kappa shape index (κ3) is 1.64. The van der Waals surface area contributed by atoms with Crippen molar-refractivity contribution in [1.29, 1.82) is 0 Å². The van der Waals surface area contributed by atoms with Gasteiger partial charge < -0.3 is 5.32 Å².